The van der Waals surface area contributed by atoms with Gasteiger partial charge in [-0.3, -0.25) is 24.3 Å². The Kier molecular flexibility index (Phi) is 3.81. The first-order valence-electron chi connectivity index (χ1n) is 7.52. The lowest BCUT2D eigenvalue weighted by molar-refractivity contribution is -0.132. The summed E-state index contributed by atoms with van der Waals surface area (Å²) in [6.07, 6.45) is -0.268. The molecule has 120 valence electrons. The molecule has 2 N–H and O–H groups in total. The fourth-order valence-electron chi connectivity index (χ4n) is 2.94. The molecule has 0 aliphatic carbocycles. The number of aryl methyl sites for hydroxylation is 1. The molecular weight excluding hydrogens is 319 g/mol. The zero-order valence-corrected chi connectivity index (χ0v) is 13.4. The Hall–Kier alpha value is -2.51. The van der Waals surface area contributed by atoms with Crippen LogP contribution in [0.1, 0.15) is 18.7 Å². The fraction of sp³-hybridized carbons (Fsp3) is 0.333. The van der Waals surface area contributed by atoms with E-state index in [9.17, 15) is 19.5 Å². The van der Waals surface area contributed by atoms with Gasteiger partial charge in [-0.25, -0.2) is 4.98 Å². The van der Waals surface area contributed by atoms with E-state index in [4.69, 9.17) is 23.5 Å². The predicted molar refractivity (Wildman–Crippen MR) is 92.7 cm³/mol. The van der Waals surface area contributed by atoms with Gasteiger partial charge in [0.1, 0.15) is 24.9 Å². The highest BCUT2D eigenvalue weighted by molar-refractivity contribution is 6.52. The number of rotatable bonds is 1. The molecule has 0 spiro atoms. The molecule has 0 unspecified atom stereocenters. The molecule has 2 amide bonds. The Morgan fingerprint density at radius 2 is 1.84 bits per heavy atom. The summed E-state index contributed by atoms with van der Waals surface area (Å²) in [5.74, 6) is -1.84. The first kappa shape index (κ1) is 17.3. The molecule has 2 heterocycles. The Morgan fingerprint density at radius 3 is 2.52 bits per heavy atom. The number of carbonyl (C=O) groups excluding carboxylic acids is 2. The summed E-state index contributed by atoms with van der Waals surface area (Å²) >= 11 is 0. The number of aromatic hydroxyl groups is 1. The predicted octanol–water partition coefficient (Wildman–Crippen LogP) is -0.878. The van der Waals surface area contributed by atoms with Crippen LogP contribution in [-0.4, -0.2) is 50.0 Å². The third kappa shape index (κ3) is 2.56. The van der Waals surface area contributed by atoms with Crippen LogP contribution in [0.25, 0.3) is 10.9 Å². The second-order valence-electron chi connectivity index (χ2n) is 6.22. The number of hydrogen-bond donors (Lipinski definition) is 2. The fourth-order valence-corrected chi connectivity index (χ4v) is 2.94. The van der Waals surface area contributed by atoms with Crippen molar-refractivity contribution < 1.29 is 14.7 Å². The van der Waals surface area contributed by atoms with Gasteiger partial charge in [-0.15, -0.1) is 0 Å². The molecule has 2 aromatic rings. The normalized spacial score (nSPS) is 23.2. The maximum atomic E-state index is 12.9. The van der Waals surface area contributed by atoms with Gasteiger partial charge in [-0.05, 0) is 30.7 Å². The number of amides is 2. The van der Waals surface area contributed by atoms with Crippen molar-refractivity contribution >= 4 is 46.3 Å². The van der Waals surface area contributed by atoms with Gasteiger partial charge in [0.15, 0.2) is 0 Å². The van der Waals surface area contributed by atoms with Crippen molar-refractivity contribution in [2.45, 2.75) is 30.4 Å². The van der Waals surface area contributed by atoms with Crippen molar-refractivity contribution in [3.05, 3.63) is 34.4 Å². The van der Waals surface area contributed by atoms with E-state index in [-0.39, 0.29) is 35.3 Å². The molecular formula is C15H12B3N3O4. The molecule has 1 aliphatic heterocycles. The molecule has 0 bridgehead atoms. The minimum Gasteiger partial charge on any atom is -0.506 e. The zero-order chi connectivity index (χ0) is 18.6. The van der Waals surface area contributed by atoms with Gasteiger partial charge in [0.25, 0.3) is 5.56 Å². The number of nitrogens with zero attached hydrogens (tertiary/aromatic N) is 2. The van der Waals surface area contributed by atoms with Gasteiger partial charge >= 0.3 is 0 Å². The Balaban J connectivity index is 2.26. The number of imide groups is 1. The van der Waals surface area contributed by atoms with Crippen LogP contribution in [0.3, 0.4) is 0 Å². The van der Waals surface area contributed by atoms with E-state index in [0.717, 1.165) is 4.57 Å². The van der Waals surface area contributed by atoms with Gasteiger partial charge < -0.3 is 5.11 Å². The second-order valence-corrected chi connectivity index (χ2v) is 6.22. The summed E-state index contributed by atoms with van der Waals surface area (Å²) < 4.78 is 0.999. The quantitative estimate of drug-likeness (QED) is 0.522. The summed E-state index contributed by atoms with van der Waals surface area (Å²) in [7, 11) is 17.6. The molecule has 0 saturated carbocycles. The molecule has 1 aliphatic rings. The Morgan fingerprint density at radius 1 is 1.16 bits per heavy atom. The SMILES string of the molecule is [B]C1([B])CC[C@]([B])(n2c(C)nc3c(O)cccc3c2=O)C(=O)NC1=O. The van der Waals surface area contributed by atoms with E-state index < -0.39 is 28.0 Å². The number of para-hydroxylation sites is 1. The van der Waals surface area contributed by atoms with Gasteiger partial charge in [-0.1, -0.05) is 12.5 Å². The maximum absolute atomic E-state index is 12.9. The Labute approximate surface area is 147 Å². The largest absolute Gasteiger partial charge is 0.506 e. The summed E-state index contributed by atoms with van der Waals surface area (Å²) in [4.78, 5) is 41.5. The molecule has 7 nitrogen and oxygen atoms in total. The lowest BCUT2D eigenvalue weighted by Crippen LogP contribution is -2.54. The summed E-state index contributed by atoms with van der Waals surface area (Å²) in [6.45, 7) is 1.47. The molecule has 3 rings (SSSR count). The minimum absolute atomic E-state index is 0.0885. The van der Waals surface area contributed by atoms with Gasteiger partial charge in [0, 0.05) is 0 Å². The van der Waals surface area contributed by atoms with Gasteiger partial charge in [-0.2, -0.15) is 0 Å². The van der Waals surface area contributed by atoms with E-state index in [1.807, 2.05) is 5.32 Å². The Bertz CT molecular complexity index is 972. The minimum atomic E-state index is -1.90. The van der Waals surface area contributed by atoms with Crippen LogP contribution in [0.15, 0.2) is 23.0 Å². The third-order valence-electron chi connectivity index (χ3n) is 4.41. The number of benzene rings is 1. The van der Waals surface area contributed by atoms with E-state index in [0.29, 0.717) is 0 Å². The molecule has 1 atom stereocenters. The molecule has 10 heteroatoms. The second kappa shape index (κ2) is 5.51. The van der Waals surface area contributed by atoms with Crippen LogP contribution >= 0.6 is 0 Å². The number of aromatic nitrogens is 2. The monoisotopic (exact) mass is 331 g/mol. The highest BCUT2D eigenvalue weighted by Gasteiger charge is 2.44. The van der Waals surface area contributed by atoms with Gasteiger partial charge in [0.05, 0.1) is 26.5 Å². The number of phenols is 1. The van der Waals surface area contributed by atoms with Crippen LogP contribution in [0.4, 0.5) is 0 Å². The molecule has 1 saturated heterocycles. The van der Waals surface area contributed by atoms with Crippen molar-refractivity contribution in [3.63, 3.8) is 0 Å². The number of nitrogens with one attached hydrogen (secondary N) is 1. The van der Waals surface area contributed by atoms with Crippen LogP contribution in [0.5, 0.6) is 5.75 Å². The smallest absolute Gasteiger partial charge is 0.261 e. The first-order valence-corrected chi connectivity index (χ1v) is 7.52. The van der Waals surface area contributed by atoms with E-state index in [2.05, 4.69) is 4.98 Å². The van der Waals surface area contributed by atoms with Crippen molar-refractivity contribution in [1.29, 1.82) is 0 Å². The average Bonchev–Trinajstić information content (AvgIpc) is 2.60. The van der Waals surface area contributed by atoms with Crippen molar-refractivity contribution in [3.8, 4) is 5.75 Å². The number of phenolic OH excluding ortho intramolecular Hbond substituents is 1. The van der Waals surface area contributed by atoms with Crippen LogP contribution in [0.2, 0.25) is 5.21 Å². The van der Waals surface area contributed by atoms with E-state index in [1.54, 1.807) is 0 Å². The summed E-state index contributed by atoms with van der Waals surface area (Å²) in [5, 5.41) is 10.2. The molecule has 1 aromatic heterocycles. The summed E-state index contributed by atoms with van der Waals surface area (Å²) in [6, 6.07) is 4.33. The average molecular weight is 331 g/mol. The van der Waals surface area contributed by atoms with Crippen molar-refractivity contribution in [2.24, 2.45) is 0 Å². The zero-order valence-electron chi connectivity index (χ0n) is 13.4. The van der Waals surface area contributed by atoms with Crippen molar-refractivity contribution in [1.82, 2.24) is 14.9 Å². The topological polar surface area (TPSA) is 101 Å². The summed E-state index contributed by atoms with van der Waals surface area (Å²) in [5.41, 5.74) is -2.42. The molecule has 1 fully saturated rings. The number of fused-ring (bicyclic) bond motifs is 1. The highest BCUT2D eigenvalue weighted by atomic mass is 16.3. The molecule has 25 heavy (non-hydrogen) atoms. The lowest BCUT2D eigenvalue weighted by atomic mass is 9.51. The lowest BCUT2D eigenvalue weighted by Gasteiger charge is -2.31. The molecule has 1 aromatic carbocycles. The van der Waals surface area contributed by atoms with Crippen molar-refractivity contribution in [2.75, 3.05) is 0 Å². The van der Waals surface area contributed by atoms with E-state index in [1.165, 1.54) is 25.1 Å². The van der Waals surface area contributed by atoms with Crippen LogP contribution in [0, 0.1) is 6.92 Å². The van der Waals surface area contributed by atoms with Gasteiger partial charge in [0.2, 0.25) is 11.8 Å². The standard InChI is InChI=1S/C15H12B3N3O4/c1-7-19-10-8(3-2-4-9(10)22)11(23)21(7)15(18)6-5-14(16,17)12(24)20-13(15)25/h2-4,22H,5-6H2,1H3,(H,20,24,25)/t15-/m0/s1. The number of carbonyl (C=O) groups is 2. The van der Waals surface area contributed by atoms with Crippen LogP contribution < -0.4 is 10.9 Å². The van der Waals surface area contributed by atoms with E-state index >= 15 is 0 Å². The highest BCUT2D eigenvalue weighted by Crippen LogP contribution is 2.34. The molecule has 6 radical (unpaired) electrons. The first-order chi connectivity index (χ1) is 11.6. The van der Waals surface area contributed by atoms with Crippen LogP contribution in [-0.2, 0) is 15.0 Å². The number of hydrogen-bond acceptors (Lipinski definition) is 5. The maximum Gasteiger partial charge on any atom is 0.261 e. The third-order valence-corrected chi connectivity index (χ3v) is 4.41.